The largest absolute Gasteiger partial charge is 0.475 e. The minimum Gasteiger partial charge on any atom is -0.475 e. The van der Waals surface area contributed by atoms with Crippen LogP contribution in [-0.2, 0) is 21.2 Å². The van der Waals surface area contributed by atoms with Gasteiger partial charge in [0.2, 0.25) is 11.8 Å². The van der Waals surface area contributed by atoms with Crippen molar-refractivity contribution in [2.75, 3.05) is 33.2 Å². The molecule has 160 valence electrons. The first-order chi connectivity index (χ1) is 13.5. The Morgan fingerprint density at radius 3 is 2.24 bits per heavy atom. The van der Waals surface area contributed by atoms with Crippen LogP contribution in [0.5, 0.6) is 11.8 Å². The van der Waals surface area contributed by atoms with E-state index >= 15 is 0 Å². The molecule has 0 atom stereocenters. The molecule has 2 aromatic rings. The highest BCUT2D eigenvalue weighted by Crippen LogP contribution is 2.34. The van der Waals surface area contributed by atoms with Crippen LogP contribution < -0.4 is 9.47 Å². The highest BCUT2D eigenvalue weighted by molar-refractivity contribution is 7.90. The van der Waals surface area contributed by atoms with Gasteiger partial charge < -0.3 is 24.4 Å². The Labute approximate surface area is 171 Å². The summed E-state index contributed by atoms with van der Waals surface area (Å²) < 4.78 is 39.7. The zero-order valence-corrected chi connectivity index (χ0v) is 17.8. The molecule has 0 aliphatic carbocycles. The summed E-state index contributed by atoms with van der Waals surface area (Å²) in [6, 6.07) is 7.93. The minimum atomic E-state index is -3.33. The number of aromatic nitrogens is 1. The molecule has 1 aromatic carbocycles. The maximum absolute atomic E-state index is 11.7. The second-order valence-electron chi connectivity index (χ2n) is 7.20. The third-order valence-corrected chi connectivity index (χ3v) is 5.01. The Morgan fingerprint density at radius 1 is 1.07 bits per heavy atom. The van der Waals surface area contributed by atoms with Crippen molar-refractivity contribution < 1.29 is 32.8 Å². The van der Waals surface area contributed by atoms with Gasteiger partial charge in [-0.25, -0.2) is 8.42 Å². The van der Waals surface area contributed by atoms with Crippen LogP contribution >= 0.6 is 0 Å². The molecule has 0 fully saturated rings. The van der Waals surface area contributed by atoms with Crippen molar-refractivity contribution in [3.05, 3.63) is 35.9 Å². The molecular formula is C20H27NO7S. The molecule has 0 spiro atoms. The van der Waals surface area contributed by atoms with Crippen molar-refractivity contribution in [1.82, 2.24) is 4.98 Å². The van der Waals surface area contributed by atoms with Crippen LogP contribution in [0.3, 0.4) is 0 Å². The van der Waals surface area contributed by atoms with Gasteiger partial charge in [0.25, 0.3) is 0 Å². The fourth-order valence-corrected chi connectivity index (χ4v) is 3.06. The molecule has 1 aromatic heterocycles. The third kappa shape index (κ3) is 6.67. The van der Waals surface area contributed by atoms with Crippen molar-refractivity contribution in [2.45, 2.75) is 31.0 Å². The van der Waals surface area contributed by atoms with E-state index < -0.39 is 15.4 Å². The summed E-state index contributed by atoms with van der Waals surface area (Å²) >= 11 is 0. The lowest BCUT2D eigenvalue weighted by molar-refractivity contribution is 0.0267. The van der Waals surface area contributed by atoms with Crippen LogP contribution in [0.2, 0.25) is 0 Å². The predicted octanol–water partition coefficient (Wildman–Crippen LogP) is 1.82. The summed E-state index contributed by atoms with van der Waals surface area (Å²) in [4.78, 5) is 4.57. The van der Waals surface area contributed by atoms with Crippen molar-refractivity contribution in [3.63, 3.8) is 0 Å². The average Bonchev–Trinajstić information content (AvgIpc) is 2.65. The summed E-state index contributed by atoms with van der Waals surface area (Å²) in [6.45, 7) is 3.46. The predicted molar refractivity (Wildman–Crippen MR) is 108 cm³/mol. The number of ether oxygens (including phenoxy) is 3. The second-order valence-corrected chi connectivity index (χ2v) is 9.22. The van der Waals surface area contributed by atoms with E-state index in [1.165, 1.54) is 12.1 Å². The normalized spacial score (nSPS) is 12.1. The number of nitrogens with zero attached hydrogens (tertiary/aromatic N) is 1. The number of sulfone groups is 1. The molecule has 2 N–H and O–H groups in total. The van der Waals surface area contributed by atoms with Crippen molar-refractivity contribution in [3.8, 4) is 22.9 Å². The Morgan fingerprint density at radius 2 is 1.72 bits per heavy atom. The van der Waals surface area contributed by atoms with Crippen molar-refractivity contribution >= 4 is 9.84 Å². The fourth-order valence-electron chi connectivity index (χ4n) is 2.43. The van der Waals surface area contributed by atoms with Crippen LogP contribution in [-0.4, -0.2) is 62.4 Å². The van der Waals surface area contributed by atoms with Gasteiger partial charge in [0.1, 0.15) is 13.2 Å². The molecule has 8 nitrogen and oxygen atoms in total. The molecule has 1 heterocycles. The molecule has 0 aliphatic rings. The number of benzene rings is 1. The first-order valence-corrected chi connectivity index (χ1v) is 10.9. The molecule has 0 aliphatic heterocycles. The zero-order chi connectivity index (χ0) is 21.7. The first-order valence-electron chi connectivity index (χ1n) is 8.97. The molecule has 9 heteroatoms. The summed E-state index contributed by atoms with van der Waals surface area (Å²) in [5.74, 6) is 0.399. The van der Waals surface area contributed by atoms with E-state index in [0.29, 0.717) is 23.3 Å². The van der Waals surface area contributed by atoms with Crippen molar-refractivity contribution in [1.29, 1.82) is 0 Å². The lowest BCUT2D eigenvalue weighted by Crippen LogP contribution is -2.28. The van der Waals surface area contributed by atoms with Gasteiger partial charge in [-0.1, -0.05) is 12.1 Å². The molecule has 29 heavy (non-hydrogen) atoms. The molecule has 0 bridgehead atoms. The van der Waals surface area contributed by atoms with E-state index in [9.17, 15) is 18.6 Å². The number of methoxy groups -OCH3 is 1. The maximum Gasteiger partial charge on any atom is 0.224 e. The first kappa shape index (κ1) is 23.1. The van der Waals surface area contributed by atoms with E-state index in [1.54, 1.807) is 39.2 Å². The monoisotopic (exact) mass is 425 g/mol. The lowest BCUT2D eigenvalue weighted by atomic mass is 10.0. The van der Waals surface area contributed by atoms with Crippen LogP contribution in [0, 0.1) is 0 Å². The van der Waals surface area contributed by atoms with Crippen LogP contribution in [0.25, 0.3) is 11.1 Å². The van der Waals surface area contributed by atoms with Gasteiger partial charge >= 0.3 is 0 Å². The molecule has 0 saturated carbocycles. The van der Waals surface area contributed by atoms with Crippen LogP contribution in [0.4, 0.5) is 0 Å². The molecular weight excluding hydrogens is 398 g/mol. The van der Waals surface area contributed by atoms with Gasteiger partial charge in [-0.05, 0) is 37.6 Å². The smallest absolute Gasteiger partial charge is 0.224 e. The molecule has 0 unspecified atom stereocenters. The Balaban J connectivity index is 2.49. The average molecular weight is 426 g/mol. The van der Waals surface area contributed by atoms with Gasteiger partial charge in [-0.15, -0.1) is 0 Å². The molecule has 0 amide bonds. The lowest BCUT2D eigenvalue weighted by Gasteiger charge is -2.20. The van der Waals surface area contributed by atoms with E-state index in [2.05, 4.69) is 4.98 Å². The topological polar surface area (TPSA) is 115 Å². The SMILES string of the molecule is COCCOc1nc(OCC(C)(C)O)c(-c2ccc(S(C)(=O)=O)cc2)cc1CO. The molecule has 0 radical (unpaired) electrons. The van der Waals surface area contributed by atoms with Crippen LogP contribution in [0.1, 0.15) is 19.4 Å². The van der Waals surface area contributed by atoms with Gasteiger partial charge in [-0.2, -0.15) is 4.98 Å². The van der Waals surface area contributed by atoms with Crippen LogP contribution in [0.15, 0.2) is 35.2 Å². The van der Waals surface area contributed by atoms with Gasteiger partial charge in [0, 0.05) is 24.5 Å². The van der Waals surface area contributed by atoms with E-state index in [-0.39, 0.29) is 36.5 Å². The van der Waals surface area contributed by atoms with Gasteiger partial charge in [0.15, 0.2) is 9.84 Å². The maximum atomic E-state index is 11.7. The minimum absolute atomic E-state index is 0.0234. The van der Waals surface area contributed by atoms with Crippen molar-refractivity contribution in [2.24, 2.45) is 0 Å². The number of hydrogen-bond donors (Lipinski definition) is 2. The highest BCUT2D eigenvalue weighted by Gasteiger charge is 2.20. The zero-order valence-electron chi connectivity index (χ0n) is 17.0. The Hall–Kier alpha value is -2.20. The molecule has 2 rings (SSSR count). The fraction of sp³-hybridized carbons (Fsp3) is 0.450. The standard InChI is InChI=1S/C20H27NO7S/c1-20(2,23)13-28-19-17(14-5-7-16(8-6-14)29(4,24)25)11-15(12-22)18(21-19)27-10-9-26-3/h5-8,11,22-23H,9-10,12-13H2,1-4H3. The summed E-state index contributed by atoms with van der Waals surface area (Å²) in [7, 11) is -1.78. The third-order valence-electron chi connectivity index (χ3n) is 3.88. The van der Waals surface area contributed by atoms with E-state index in [0.717, 1.165) is 6.26 Å². The summed E-state index contributed by atoms with van der Waals surface area (Å²) in [5.41, 5.74) is 0.538. The number of hydrogen-bond acceptors (Lipinski definition) is 8. The summed E-state index contributed by atoms with van der Waals surface area (Å²) in [6.07, 6.45) is 1.14. The highest BCUT2D eigenvalue weighted by atomic mass is 32.2. The number of rotatable bonds is 10. The van der Waals surface area contributed by atoms with Gasteiger partial charge in [-0.3, -0.25) is 0 Å². The number of pyridine rings is 1. The molecule has 0 saturated heterocycles. The Kier molecular flexibility index (Phi) is 7.59. The quantitative estimate of drug-likeness (QED) is 0.554. The van der Waals surface area contributed by atoms with Gasteiger partial charge in [0.05, 0.1) is 23.7 Å². The van der Waals surface area contributed by atoms with E-state index in [1.807, 2.05) is 0 Å². The Bertz CT molecular complexity index is 919. The number of aliphatic hydroxyl groups excluding tert-OH is 1. The number of aliphatic hydroxyl groups is 2. The van der Waals surface area contributed by atoms with E-state index in [4.69, 9.17) is 14.2 Å². The second kappa shape index (κ2) is 9.53. The summed E-state index contributed by atoms with van der Waals surface area (Å²) in [5, 5.41) is 19.7.